The average molecular weight is 236 g/mol. The Hall–Kier alpha value is -1.85. The summed E-state index contributed by atoms with van der Waals surface area (Å²) in [4.78, 5) is 26.7. The van der Waals surface area contributed by atoms with Gasteiger partial charge in [-0.1, -0.05) is 0 Å². The molecule has 1 aliphatic rings. The zero-order valence-corrected chi connectivity index (χ0v) is 9.72. The SMILES string of the molecule is CC(Cn1ccnc1)NC(=O)C1CNC(=O)C1. The standard InChI is InChI=1S/C11H16N4O2/c1-8(6-15-3-2-12-7-15)14-11(17)9-4-10(16)13-5-9/h2-3,7-9H,4-6H2,1H3,(H,13,16)(H,14,17). The Balaban J connectivity index is 1.80. The summed E-state index contributed by atoms with van der Waals surface area (Å²) in [6, 6.07) is 0.0207. The van der Waals surface area contributed by atoms with Crippen LogP contribution in [0.1, 0.15) is 13.3 Å². The first-order valence-corrected chi connectivity index (χ1v) is 5.68. The molecule has 6 nitrogen and oxygen atoms in total. The van der Waals surface area contributed by atoms with Gasteiger partial charge in [-0.15, -0.1) is 0 Å². The van der Waals surface area contributed by atoms with E-state index in [4.69, 9.17) is 0 Å². The summed E-state index contributed by atoms with van der Waals surface area (Å²) in [7, 11) is 0. The number of hydrogen-bond donors (Lipinski definition) is 2. The quantitative estimate of drug-likeness (QED) is 0.741. The van der Waals surface area contributed by atoms with Crippen LogP contribution in [0, 0.1) is 5.92 Å². The molecule has 6 heteroatoms. The highest BCUT2D eigenvalue weighted by molar-refractivity contribution is 5.89. The Kier molecular flexibility index (Phi) is 3.41. The van der Waals surface area contributed by atoms with E-state index in [2.05, 4.69) is 15.6 Å². The van der Waals surface area contributed by atoms with Gasteiger partial charge in [-0.2, -0.15) is 0 Å². The van der Waals surface area contributed by atoms with E-state index in [1.54, 1.807) is 12.5 Å². The van der Waals surface area contributed by atoms with Gasteiger partial charge in [0.25, 0.3) is 0 Å². The van der Waals surface area contributed by atoms with E-state index in [1.807, 2.05) is 17.7 Å². The van der Waals surface area contributed by atoms with Crippen LogP contribution in [0.3, 0.4) is 0 Å². The molecule has 2 N–H and O–H groups in total. The van der Waals surface area contributed by atoms with Gasteiger partial charge in [-0.05, 0) is 6.92 Å². The molecule has 1 aliphatic heterocycles. The molecular formula is C11H16N4O2. The zero-order chi connectivity index (χ0) is 12.3. The number of imidazole rings is 1. The number of nitrogens with zero attached hydrogens (tertiary/aromatic N) is 2. The van der Waals surface area contributed by atoms with Crippen molar-refractivity contribution in [2.24, 2.45) is 5.92 Å². The predicted molar refractivity (Wildman–Crippen MR) is 60.9 cm³/mol. The van der Waals surface area contributed by atoms with Gasteiger partial charge in [0.15, 0.2) is 0 Å². The second-order valence-electron chi connectivity index (χ2n) is 4.37. The van der Waals surface area contributed by atoms with E-state index in [1.165, 1.54) is 0 Å². The average Bonchev–Trinajstić information content (AvgIpc) is 2.89. The highest BCUT2D eigenvalue weighted by Crippen LogP contribution is 2.09. The van der Waals surface area contributed by atoms with Crippen molar-refractivity contribution in [2.45, 2.75) is 25.9 Å². The number of carbonyl (C=O) groups excluding carboxylic acids is 2. The van der Waals surface area contributed by atoms with Crippen LogP contribution in [0.5, 0.6) is 0 Å². The summed E-state index contributed by atoms with van der Waals surface area (Å²) in [6.45, 7) is 3.06. The molecule has 2 heterocycles. The Morgan fingerprint density at radius 1 is 1.76 bits per heavy atom. The van der Waals surface area contributed by atoms with Gasteiger partial charge in [0.05, 0.1) is 12.2 Å². The van der Waals surface area contributed by atoms with Gasteiger partial charge >= 0.3 is 0 Å². The van der Waals surface area contributed by atoms with Crippen LogP contribution in [0.15, 0.2) is 18.7 Å². The molecule has 92 valence electrons. The third-order valence-corrected chi connectivity index (χ3v) is 2.78. The summed E-state index contributed by atoms with van der Waals surface area (Å²) in [6.07, 6.45) is 5.56. The van der Waals surface area contributed by atoms with Gasteiger partial charge in [-0.25, -0.2) is 4.98 Å². The largest absolute Gasteiger partial charge is 0.355 e. The molecule has 1 fully saturated rings. The maximum absolute atomic E-state index is 11.8. The Bertz CT molecular complexity index is 402. The molecule has 2 rings (SSSR count). The smallest absolute Gasteiger partial charge is 0.225 e. The molecule has 0 aromatic carbocycles. The summed E-state index contributed by atoms with van der Waals surface area (Å²) < 4.78 is 1.91. The van der Waals surface area contributed by atoms with Gasteiger partial charge in [0.1, 0.15) is 0 Å². The number of hydrogen-bond acceptors (Lipinski definition) is 3. The van der Waals surface area contributed by atoms with Crippen LogP contribution < -0.4 is 10.6 Å². The van der Waals surface area contributed by atoms with E-state index >= 15 is 0 Å². The maximum atomic E-state index is 11.8. The Labute approximate surface area is 99.4 Å². The third-order valence-electron chi connectivity index (χ3n) is 2.78. The fraction of sp³-hybridized carbons (Fsp3) is 0.545. The van der Waals surface area contributed by atoms with Gasteiger partial charge in [0, 0.05) is 37.9 Å². The molecule has 2 unspecified atom stereocenters. The minimum atomic E-state index is -0.229. The van der Waals surface area contributed by atoms with E-state index < -0.39 is 0 Å². The summed E-state index contributed by atoms with van der Waals surface area (Å²) in [5.74, 6) is -0.337. The fourth-order valence-electron chi connectivity index (χ4n) is 1.91. The number of aromatic nitrogens is 2. The minimum Gasteiger partial charge on any atom is -0.355 e. The van der Waals surface area contributed by atoms with Crippen molar-refractivity contribution in [1.82, 2.24) is 20.2 Å². The van der Waals surface area contributed by atoms with Gasteiger partial charge in [-0.3, -0.25) is 9.59 Å². The van der Waals surface area contributed by atoms with Crippen LogP contribution in [0.2, 0.25) is 0 Å². The summed E-state index contributed by atoms with van der Waals surface area (Å²) in [5.41, 5.74) is 0. The maximum Gasteiger partial charge on any atom is 0.225 e. The van der Waals surface area contributed by atoms with Crippen molar-refractivity contribution in [3.05, 3.63) is 18.7 Å². The van der Waals surface area contributed by atoms with Gasteiger partial charge in [0.2, 0.25) is 11.8 Å². The van der Waals surface area contributed by atoms with Crippen LogP contribution in [0.25, 0.3) is 0 Å². The molecule has 1 aromatic rings. The molecule has 0 saturated carbocycles. The molecule has 17 heavy (non-hydrogen) atoms. The fourth-order valence-corrected chi connectivity index (χ4v) is 1.91. The third kappa shape index (κ3) is 3.05. The number of carbonyl (C=O) groups is 2. The summed E-state index contributed by atoms with van der Waals surface area (Å²) >= 11 is 0. The van der Waals surface area contributed by atoms with E-state index in [0.29, 0.717) is 19.5 Å². The molecule has 0 radical (unpaired) electrons. The van der Waals surface area contributed by atoms with Crippen LogP contribution in [-0.4, -0.2) is 34.0 Å². The highest BCUT2D eigenvalue weighted by atomic mass is 16.2. The van der Waals surface area contributed by atoms with Crippen molar-refractivity contribution >= 4 is 11.8 Å². The Morgan fingerprint density at radius 3 is 3.18 bits per heavy atom. The molecule has 0 aliphatic carbocycles. The van der Waals surface area contributed by atoms with Gasteiger partial charge < -0.3 is 15.2 Å². The molecule has 0 spiro atoms. The molecular weight excluding hydrogens is 220 g/mol. The van der Waals surface area contributed by atoms with Crippen molar-refractivity contribution in [2.75, 3.05) is 6.54 Å². The van der Waals surface area contributed by atoms with Crippen LogP contribution in [0.4, 0.5) is 0 Å². The van der Waals surface area contributed by atoms with Crippen molar-refractivity contribution < 1.29 is 9.59 Å². The minimum absolute atomic E-state index is 0.0207. The first-order chi connectivity index (χ1) is 8.15. The number of rotatable bonds is 4. The lowest BCUT2D eigenvalue weighted by molar-refractivity contribution is -0.127. The number of nitrogens with one attached hydrogen (secondary N) is 2. The topological polar surface area (TPSA) is 76.0 Å². The lowest BCUT2D eigenvalue weighted by Gasteiger charge is -2.16. The monoisotopic (exact) mass is 236 g/mol. The molecule has 2 amide bonds. The first kappa shape index (κ1) is 11.6. The Morgan fingerprint density at radius 2 is 2.59 bits per heavy atom. The lowest BCUT2D eigenvalue weighted by Crippen LogP contribution is -2.40. The number of amides is 2. The van der Waals surface area contributed by atoms with Crippen molar-refractivity contribution in [3.8, 4) is 0 Å². The predicted octanol–water partition coefficient (Wildman–Crippen LogP) is -0.476. The second kappa shape index (κ2) is 4.99. The van der Waals surface area contributed by atoms with E-state index in [0.717, 1.165) is 0 Å². The zero-order valence-electron chi connectivity index (χ0n) is 9.72. The normalized spacial score (nSPS) is 21.0. The lowest BCUT2D eigenvalue weighted by atomic mass is 10.1. The van der Waals surface area contributed by atoms with Crippen LogP contribution >= 0.6 is 0 Å². The molecule has 0 bridgehead atoms. The van der Waals surface area contributed by atoms with Crippen molar-refractivity contribution in [3.63, 3.8) is 0 Å². The molecule has 1 saturated heterocycles. The van der Waals surface area contributed by atoms with E-state index in [9.17, 15) is 9.59 Å². The van der Waals surface area contributed by atoms with E-state index in [-0.39, 0.29) is 23.8 Å². The first-order valence-electron chi connectivity index (χ1n) is 5.68. The summed E-state index contributed by atoms with van der Waals surface area (Å²) in [5, 5.41) is 5.56. The molecule has 1 aromatic heterocycles. The van der Waals surface area contributed by atoms with Crippen LogP contribution in [-0.2, 0) is 16.1 Å². The second-order valence-corrected chi connectivity index (χ2v) is 4.37. The van der Waals surface area contributed by atoms with Crippen molar-refractivity contribution in [1.29, 1.82) is 0 Å². The molecule has 2 atom stereocenters. The highest BCUT2D eigenvalue weighted by Gasteiger charge is 2.28.